The minimum Gasteiger partial charge on any atom is -0.334 e. The molecule has 0 fully saturated rings. The number of hydrogen-bond donors (Lipinski definition) is 2. The first-order valence-electron chi connectivity index (χ1n) is 8.48. The summed E-state index contributed by atoms with van der Waals surface area (Å²) in [6.07, 6.45) is 2.06. The van der Waals surface area contributed by atoms with Gasteiger partial charge in [-0.25, -0.2) is 9.18 Å². The Labute approximate surface area is 159 Å². The highest BCUT2D eigenvalue weighted by Crippen LogP contribution is 2.27. The van der Waals surface area contributed by atoms with Gasteiger partial charge in [-0.05, 0) is 62.7 Å². The van der Waals surface area contributed by atoms with Gasteiger partial charge in [-0.2, -0.15) is 11.8 Å². The molecule has 26 heavy (non-hydrogen) atoms. The highest BCUT2D eigenvalue weighted by atomic mass is 32.2. The van der Waals surface area contributed by atoms with Gasteiger partial charge in [0.1, 0.15) is 5.82 Å². The van der Waals surface area contributed by atoms with E-state index in [0.717, 1.165) is 11.3 Å². The molecule has 0 heterocycles. The van der Waals surface area contributed by atoms with Crippen LogP contribution < -0.4 is 10.6 Å². The third kappa shape index (κ3) is 6.04. The fraction of sp³-hybridized carbons (Fsp3) is 0.350. The van der Waals surface area contributed by atoms with E-state index in [0.29, 0.717) is 23.9 Å². The molecule has 4 nitrogen and oxygen atoms in total. The predicted molar refractivity (Wildman–Crippen MR) is 108 cm³/mol. The van der Waals surface area contributed by atoms with E-state index in [2.05, 4.69) is 29.9 Å². The van der Waals surface area contributed by atoms with Gasteiger partial charge in [0, 0.05) is 29.6 Å². The number of carbonyl (C=O) groups excluding carboxylic acids is 1. The highest BCUT2D eigenvalue weighted by Gasteiger charge is 2.08. The van der Waals surface area contributed by atoms with Gasteiger partial charge >= 0.3 is 6.03 Å². The molecule has 2 N–H and O–H groups in total. The molecule has 2 amide bonds. The maximum atomic E-state index is 13.8. The van der Waals surface area contributed by atoms with E-state index in [1.54, 1.807) is 23.9 Å². The van der Waals surface area contributed by atoms with Crippen LogP contribution in [0.4, 0.5) is 14.9 Å². The molecule has 2 aromatic carbocycles. The first-order valence-corrected chi connectivity index (χ1v) is 9.77. The van der Waals surface area contributed by atoms with Crippen LogP contribution in [0, 0.1) is 5.82 Å². The molecule has 2 rings (SSSR count). The van der Waals surface area contributed by atoms with E-state index in [4.69, 9.17) is 0 Å². The second kappa shape index (κ2) is 9.59. The van der Waals surface area contributed by atoms with E-state index in [9.17, 15) is 9.18 Å². The van der Waals surface area contributed by atoms with Crippen LogP contribution in [0.15, 0.2) is 42.5 Å². The topological polar surface area (TPSA) is 44.4 Å². The lowest BCUT2D eigenvalue weighted by Gasteiger charge is -2.13. The third-order valence-corrected chi connectivity index (χ3v) is 5.00. The summed E-state index contributed by atoms with van der Waals surface area (Å²) in [5.41, 5.74) is 3.41. The van der Waals surface area contributed by atoms with Crippen LogP contribution in [0.2, 0.25) is 0 Å². The number of carbonyl (C=O) groups is 1. The molecule has 0 aromatic heterocycles. The Hall–Kier alpha value is -2.05. The molecule has 140 valence electrons. The molecule has 0 aliphatic rings. The van der Waals surface area contributed by atoms with E-state index in [1.165, 1.54) is 11.6 Å². The molecular weight excluding hydrogens is 349 g/mol. The van der Waals surface area contributed by atoms with Gasteiger partial charge in [0.15, 0.2) is 0 Å². The molecule has 2 aromatic rings. The normalized spacial score (nSPS) is 12.1. The summed E-state index contributed by atoms with van der Waals surface area (Å²) in [6, 6.07) is 12.5. The first-order chi connectivity index (χ1) is 12.4. The summed E-state index contributed by atoms with van der Waals surface area (Å²) in [6.45, 7) is 2.99. The van der Waals surface area contributed by atoms with Crippen molar-refractivity contribution in [1.82, 2.24) is 10.2 Å². The van der Waals surface area contributed by atoms with Crippen LogP contribution in [0.1, 0.15) is 28.9 Å². The van der Waals surface area contributed by atoms with Crippen LogP contribution in [0.5, 0.6) is 0 Å². The fourth-order valence-corrected chi connectivity index (χ4v) is 2.98. The van der Waals surface area contributed by atoms with Gasteiger partial charge in [-0.3, -0.25) is 0 Å². The average molecular weight is 376 g/mol. The van der Waals surface area contributed by atoms with E-state index in [-0.39, 0.29) is 11.8 Å². The van der Waals surface area contributed by atoms with Crippen LogP contribution in [0.25, 0.3) is 0 Å². The SMILES string of the molecule is CS[C@H](C)c1cccc(NC(=O)NCc2ccc(F)c(CN(C)C)c2)c1. The number of benzene rings is 2. The second-order valence-corrected chi connectivity index (χ2v) is 7.65. The number of hydrogen-bond acceptors (Lipinski definition) is 3. The van der Waals surface area contributed by atoms with Crippen molar-refractivity contribution in [3.05, 3.63) is 65.0 Å². The quantitative estimate of drug-likeness (QED) is 0.741. The van der Waals surface area contributed by atoms with Crippen molar-refractivity contribution < 1.29 is 9.18 Å². The van der Waals surface area contributed by atoms with Crippen LogP contribution >= 0.6 is 11.8 Å². The Morgan fingerprint density at radius 3 is 2.69 bits per heavy atom. The summed E-state index contributed by atoms with van der Waals surface area (Å²) in [4.78, 5) is 14.1. The molecule has 0 bridgehead atoms. The van der Waals surface area contributed by atoms with E-state index >= 15 is 0 Å². The molecule has 1 atom stereocenters. The van der Waals surface area contributed by atoms with E-state index in [1.807, 2.05) is 37.2 Å². The fourth-order valence-electron chi connectivity index (χ4n) is 2.56. The maximum absolute atomic E-state index is 13.8. The lowest BCUT2D eigenvalue weighted by atomic mass is 10.1. The summed E-state index contributed by atoms with van der Waals surface area (Å²) in [5, 5.41) is 6.04. The van der Waals surface area contributed by atoms with E-state index < -0.39 is 0 Å². The molecule has 0 saturated heterocycles. The van der Waals surface area contributed by atoms with Gasteiger partial charge in [0.05, 0.1) is 0 Å². The van der Waals surface area contributed by atoms with Crippen LogP contribution in [-0.2, 0) is 13.1 Å². The molecule has 0 spiro atoms. The Bertz CT molecular complexity index is 752. The first kappa shape index (κ1) is 20.3. The Kier molecular flexibility index (Phi) is 7.48. The molecular formula is C20H26FN3OS. The Morgan fingerprint density at radius 2 is 2.00 bits per heavy atom. The summed E-state index contributed by atoms with van der Waals surface area (Å²) >= 11 is 1.76. The van der Waals surface area contributed by atoms with Crippen molar-refractivity contribution in [3.8, 4) is 0 Å². The molecule has 0 aliphatic heterocycles. The summed E-state index contributed by atoms with van der Waals surface area (Å²) < 4.78 is 13.8. The van der Waals surface area contributed by atoms with Gasteiger partial charge in [0.25, 0.3) is 0 Å². The number of halogens is 1. The van der Waals surface area contributed by atoms with Crippen molar-refractivity contribution >= 4 is 23.5 Å². The number of rotatable bonds is 7. The molecule has 6 heteroatoms. The lowest BCUT2D eigenvalue weighted by molar-refractivity contribution is 0.251. The van der Waals surface area contributed by atoms with Gasteiger partial charge in [-0.1, -0.05) is 18.2 Å². The highest BCUT2D eigenvalue weighted by molar-refractivity contribution is 7.98. The monoisotopic (exact) mass is 375 g/mol. The molecule has 0 aliphatic carbocycles. The van der Waals surface area contributed by atoms with Crippen molar-refractivity contribution in [2.75, 3.05) is 25.7 Å². The van der Waals surface area contributed by atoms with Gasteiger partial charge in [0.2, 0.25) is 0 Å². The predicted octanol–water partition coefficient (Wildman–Crippen LogP) is 4.63. The van der Waals surface area contributed by atoms with Gasteiger partial charge in [-0.15, -0.1) is 0 Å². The zero-order valence-electron chi connectivity index (χ0n) is 15.7. The summed E-state index contributed by atoms with van der Waals surface area (Å²) in [7, 11) is 3.79. The van der Waals surface area contributed by atoms with Crippen LogP contribution in [-0.4, -0.2) is 31.3 Å². The second-order valence-electron chi connectivity index (χ2n) is 6.47. The number of anilines is 1. The minimum absolute atomic E-state index is 0.230. The number of amides is 2. The smallest absolute Gasteiger partial charge is 0.319 e. The Morgan fingerprint density at radius 1 is 1.23 bits per heavy atom. The lowest BCUT2D eigenvalue weighted by Crippen LogP contribution is -2.28. The number of urea groups is 1. The van der Waals surface area contributed by atoms with Gasteiger partial charge < -0.3 is 15.5 Å². The molecule has 0 saturated carbocycles. The number of nitrogens with zero attached hydrogens (tertiary/aromatic N) is 1. The van der Waals surface area contributed by atoms with Crippen molar-refractivity contribution in [3.63, 3.8) is 0 Å². The average Bonchev–Trinajstić information content (AvgIpc) is 2.61. The summed E-state index contributed by atoms with van der Waals surface area (Å²) in [5.74, 6) is -0.230. The molecule has 0 radical (unpaired) electrons. The van der Waals surface area contributed by atoms with Crippen molar-refractivity contribution in [1.29, 1.82) is 0 Å². The zero-order valence-corrected chi connectivity index (χ0v) is 16.5. The largest absolute Gasteiger partial charge is 0.334 e. The van der Waals surface area contributed by atoms with Crippen molar-refractivity contribution in [2.45, 2.75) is 25.3 Å². The Balaban J connectivity index is 1.95. The number of thioether (sulfide) groups is 1. The third-order valence-electron chi connectivity index (χ3n) is 4.02. The minimum atomic E-state index is -0.280. The maximum Gasteiger partial charge on any atom is 0.319 e. The number of nitrogens with one attached hydrogen (secondary N) is 2. The van der Waals surface area contributed by atoms with Crippen LogP contribution in [0.3, 0.4) is 0 Å². The van der Waals surface area contributed by atoms with Crippen molar-refractivity contribution in [2.24, 2.45) is 0 Å². The standard InChI is InChI=1S/C20H26FN3OS/c1-14(26-4)16-6-5-7-18(11-16)23-20(25)22-12-15-8-9-19(21)17(10-15)13-24(2)3/h5-11,14H,12-13H2,1-4H3,(H2,22,23,25)/t14-/m1/s1. The molecule has 0 unspecified atom stereocenters. The zero-order chi connectivity index (χ0) is 19.1.